The van der Waals surface area contributed by atoms with Gasteiger partial charge in [-0.25, -0.2) is 0 Å². The van der Waals surface area contributed by atoms with Gasteiger partial charge in [-0.3, -0.25) is 9.59 Å². The Hall–Kier alpha value is -1.59. The molecule has 0 saturated heterocycles. The number of carbonyl (C=O) groups excluding carboxylic acids is 2. The van der Waals surface area contributed by atoms with Gasteiger partial charge in [0.1, 0.15) is 0 Å². The number of hydrogen-bond donors (Lipinski definition) is 3. The predicted octanol–water partition coefficient (Wildman–Crippen LogP) is 3.96. The molecule has 0 atom stereocenters. The van der Waals surface area contributed by atoms with Crippen molar-refractivity contribution in [3.63, 3.8) is 0 Å². The molecule has 0 spiro atoms. The van der Waals surface area contributed by atoms with Gasteiger partial charge in [-0.15, -0.1) is 0 Å². The summed E-state index contributed by atoms with van der Waals surface area (Å²) >= 11 is 6.15. The van der Waals surface area contributed by atoms with Crippen LogP contribution in [0.1, 0.15) is 64.2 Å². The van der Waals surface area contributed by atoms with Crippen molar-refractivity contribution in [2.45, 2.75) is 59.4 Å². The molecule has 5 nitrogen and oxygen atoms in total. The molecule has 0 unspecified atom stereocenters. The largest absolute Gasteiger partial charge is 0.350 e. The average Bonchev–Trinajstić information content (AvgIpc) is 2.52. The van der Waals surface area contributed by atoms with E-state index < -0.39 is 5.54 Å². The van der Waals surface area contributed by atoms with Gasteiger partial charge in [-0.1, -0.05) is 46.2 Å². The maximum absolute atomic E-state index is 12.4. The molecule has 0 radical (unpaired) electrons. The zero-order valence-electron chi connectivity index (χ0n) is 15.8. The number of rotatable bonds is 7. The lowest BCUT2D eigenvalue weighted by molar-refractivity contribution is -0.117. The zero-order valence-corrected chi connectivity index (χ0v) is 16.6. The summed E-state index contributed by atoms with van der Waals surface area (Å²) in [6, 6.07) is 4.89. The Morgan fingerprint density at radius 1 is 1.16 bits per heavy atom. The SMILES string of the molecule is CCC(N)(CC)CNC(=O)c1cc(NC(=O)CC(C)(C)C)ccc1Cl. The lowest BCUT2D eigenvalue weighted by atomic mass is 9.92. The summed E-state index contributed by atoms with van der Waals surface area (Å²) in [6.07, 6.45) is 1.92. The lowest BCUT2D eigenvalue weighted by Crippen LogP contribution is -2.49. The molecule has 0 heterocycles. The van der Waals surface area contributed by atoms with Crippen molar-refractivity contribution in [1.29, 1.82) is 0 Å². The second kappa shape index (κ2) is 8.68. The van der Waals surface area contributed by atoms with Crippen LogP contribution >= 0.6 is 11.6 Å². The highest BCUT2D eigenvalue weighted by molar-refractivity contribution is 6.34. The van der Waals surface area contributed by atoms with Crippen molar-refractivity contribution in [2.75, 3.05) is 11.9 Å². The van der Waals surface area contributed by atoms with Crippen molar-refractivity contribution < 1.29 is 9.59 Å². The number of carbonyl (C=O) groups is 2. The van der Waals surface area contributed by atoms with Crippen LogP contribution in [0.2, 0.25) is 5.02 Å². The smallest absolute Gasteiger partial charge is 0.252 e. The number of halogens is 1. The highest BCUT2D eigenvalue weighted by Crippen LogP contribution is 2.23. The summed E-state index contributed by atoms with van der Waals surface area (Å²) in [5.74, 6) is -0.396. The Bertz CT molecular complexity index is 620. The quantitative estimate of drug-likeness (QED) is 0.681. The van der Waals surface area contributed by atoms with Crippen LogP contribution < -0.4 is 16.4 Å². The van der Waals surface area contributed by atoms with Gasteiger partial charge in [0.25, 0.3) is 5.91 Å². The Morgan fingerprint density at radius 2 is 1.76 bits per heavy atom. The standard InChI is InChI=1S/C19H30ClN3O2/c1-6-19(21,7-2)12-22-17(25)14-10-13(8-9-15(14)20)23-16(24)11-18(3,4)5/h8-10H,6-7,11-12,21H2,1-5H3,(H,22,25)(H,23,24). The Labute approximate surface area is 155 Å². The molecule has 1 aromatic rings. The van der Waals surface area contributed by atoms with E-state index in [0.29, 0.717) is 29.2 Å². The van der Waals surface area contributed by atoms with Gasteiger partial charge in [0.2, 0.25) is 5.91 Å². The molecule has 0 bridgehead atoms. The number of amides is 2. The van der Waals surface area contributed by atoms with Gasteiger partial charge in [0, 0.05) is 24.2 Å². The van der Waals surface area contributed by atoms with Crippen molar-refractivity contribution >= 4 is 29.1 Å². The summed E-state index contributed by atoms with van der Waals surface area (Å²) in [4.78, 5) is 24.5. The fourth-order valence-corrected chi connectivity index (χ4v) is 2.52. The first kappa shape index (κ1) is 21.5. The van der Waals surface area contributed by atoms with Gasteiger partial charge in [0.15, 0.2) is 0 Å². The molecule has 0 aliphatic carbocycles. The molecule has 140 valence electrons. The van der Waals surface area contributed by atoms with Crippen molar-refractivity contribution in [3.8, 4) is 0 Å². The maximum atomic E-state index is 12.4. The minimum absolute atomic E-state index is 0.0980. The second-order valence-electron chi connectivity index (χ2n) is 7.73. The van der Waals surface area contributed by atoms with E-state index in [2.05, 4.69) is 10.6 Å². The Morgan fingerprint density at radius 3 is 2.28 bits per heavy atom. The number of hydrogen-bond acceptors (Lipinski definition) is 3. The minimum atomic E-state index is -0.430. The lowest BCUT2D eigenvalue weighted by Gasteiger charge is -2.26. The minimum Gasteiger partial charge on any atom is -0.350 e. The second-order valence-corrected chi connectivity index (χ2v) is 8.14. The van der Waals surface area contributed by atoms with Crippen LogP contribution in [0.25, 0.3) is 0 Å². The molecule has 0 aliphatic rings. The van der Waals surface area contributed by atoms with Crippen molar-refractivity contribution in [1.82, 2.24) is 5.32 Å². The summed E-state index contributed by atoms with van der Waals surface area (Å²) in [6.45, 7) is 10.3. The summed E-state index contributed by atoms with van der Waals surface area (Å²) in [5, 5.41) is 5.99. The number of nitrogens with one attached hydrogen (secondary N) is 2. The molecule has 1 rings (SSSR count). The normalized spacial score (nSPS) is 12.0. The summed E-state index contributed by atoms with van der Waals surface area (Å²) in [5.41, 5.74) is 6.54. The van der Waals surface area contributed by atoms with Gasteiger partial charge >= 0.3 is 0 Å². The van der Waals surface area contributed by atoms with Crippen molar-refractivity contribution in [3.05, 3.63) is 28.8 Å². The summed E-state index contributed by atoms with van der Waals surface area (Å²) in [7, 11) is 0. The number of nitrogens with two attached hydrogens (primary N) is 1. The van der Waals surface area contributed by atoms with Crippen LogP contribution in [-0.4, -0.2) is 23.9 Å². The third-order valence-corrected chi connectivity index (χ3v) is 4.52. The first-order valence-electron chi connectivity index (χ1n) is 8.66. The third-order valence-electron chi connectivity index (χ3n) is 4.19. The van der Waals surface area contributed by atoms with Crippen LogP contribution in [0, 0.1) is 5.41 Å². The van der Waals surface area contributed by atoms with E-state index in [1.54, 1.807) is 18.2 Å². The molecule has 0 fully saturated rings. The molecule has 2 amide bonds. The highest BCUT2D eigenvalue weighted by Gasteiger charge is 2.22. The van der Waals surface area contributed by atoms with Crippen LogP contribution in [0.3, 0.4) is 0 Å². The summed E-state index contributed by atoms with van der Waals surface area (Å²) < 4.78 is 0. The van der Waals surface area contributed by atoms with Crippen LogP contribution in [0.4, 0.5) is 5.69 Å². The Balaban J connectivity index is 2.83. The van der Waals surface area contributed by atoms with E-state index in [4.69, 9.17) is 17.3 Å². The predicted molar refractivity (Wildman–Crippen MR) is 104 cm³/mol. The van der Waals surface area contributed by atoms with Gasteiger partial charge < -0.3 is 16.4 Å². The van der Waals surface area contributed by atoms with Crippen LogP contribution in [0.15, 0.2) is 18.2 Å². The molecule has 1 aromatic carbocycles. The first-order chi connectivity index (χ1) is 11.5. The van der Waals surface area contributed by atoms with E-state index in [0.717, 1.165) is 12.8 Å². The average molecular weight is 368 g/mol. The zero-order chi connectivity index (χ0) is 19.3. The van der Waals surface area contributed by atoms with E-state index in [1.807, 2.05) is 34.6 Å². The molecule has 25 heavy (non-hydrogen) atoms. The van der Waals surface area contributed by atoms with Crippen molar-refractivity contribution in [2.24, 2.45) is 11.1 Å². The molecular formula is C19H30ClN3O2. The fourth-order valence-electron chi connectivity index (χ4n) is 2.32. The van der Waals surface area contributed by atoms with Gasteiger partial charge in [-0.05, 0) is 36.5 Å². The van der Waals surface area contributed by atoms with E-state index in [-0.39, 0.29) is 17.2 Å². The number of anilines is 1. The van der Waals surface area contributed by atoms with Crippen LogP contribution in [0.5, 0.6) is 0 Å². The van der Waals surface area contributed by atoms with E-state index >= 15 is 0 Å². The third kappa shape index (κ3) is 7.04. The first-order valence-corrected chi connectivity index (χ1v) is 9.04. The fraction of sp³-hybridized carbons (Fsp3) is 0.579. The van der Waals surface area contributed by atoms with E-state index in [1.165, 1.54) is 0 Å². The molecule has 0 aromatic heterocycles. The van der Waals surface area contributed by atoms with Gasteiger partial charge in [-0.2, -0.15) is 0 Å². The number of benzene rings is 1. The molecular weight excluding hydrogens is 338 g/mol. The van der Waals surface area contributed by atoms with Gasteiger partial charge in [0.05, 0.1) is 10.6 Å². The molecule has 0 saturated carbocycles. The van der Waals surface area contributed by atoms with E-state index in [9.17, 15) is 9.59 Å². The highest BCUT2D eigenvalue weighted by atomic mass is 35.5. The molecule has 6 heteroatoms. The molecule has 4 N–H and O–H groups in total. The van der Waals surface area contributed by atoms with Crippen LogP contribution in [-0.2, 0) is 4.79 Å². The monoisotopic (exact) mass is 367 g/mol. The maximum Gasteiger partial charge on any atom is 0.252 e. The Kier molecular flexibility index (Phi) is 7.44. The topological polar surface area (TPSA) is 84.2 Å². The molecule has 0 aliphatic heterocycles.